The van der Waals surface area contributed by atoms with Crippen molar-refractivity contribution in [2.75, 3.05) is 11.9 Å². The number of nitro benzene ring substituents is 1. The zero-order valence-electron chi connectivity index (χ0n) is 9.37. The largest absolute Gasteiger partial charge is 0.379 e. The highest BCUT2D eigenvalue weighted by Crippen LogP contribution is 2.28. The van der Waals surface area contributed by atoms with Crippen molar-refractivity contribution >= 4 is 27.3 Å². The predicted octanol–water partition coefficient (Wildman–Crippen LogP) is 3.82. The molecule has 1 N–H and O–H groups in total. The molecule has 0 aliphatic rings. The molecule has 0 bridgehead atoms. The summed E-state index contributed by atoms with van der Waals surface area (Å²) in [6, 6.07) is 5.04. The highest BCUT2D eigenvalue weighted by molar-refractivity contribution is 9.10. The van der Waals surface area contributed by atoms with Gasteiger partial charge in [0.25, 0.3) is 5.69 Å². The molecule has 1 aromatic rings. The van der Waals surface area contributed by atoms with Crippen molar-refractivity contribution in [3.05, 3.63) is 32.8 Å². The number of halogens is 1. The maximum absolute atomic E-state index is 10.8. The van der Waals surface area contributed by atoms with Gasteiger partial charge in [-0.15, -0.1) is 0 Å². The monoisotopic (exact) mass is 286 g/mol. The number of nitro groups is 1. The van der Waals surface area contributed by atoms with Crippen LogP contribution in [0.2, 0.25) is 0 Å². The second-order valence-electron chi connectivity index (χ2n) is 3.81. The lowest BCUT2D eigenvalue weighted by Crippen LogP contribution is -2.11. The SMILES string of the molecule is CCC(C)CNc1ccc(Br)cc1[N+](=O)[O-]. The van der Waals surface area contributed by atoms with Crippen LogP contribution in [-0.4, -0.2) is 11.5 Å². The van der Waals surface area contributed by atoms with Crippen molar-refractivity contribution in [2.24, 2.45) is 5.92 Å². The van der Waals surface area contributed by atoms with Crippen LogP contribution in [0.1, 0.15) is 20.3 Å². The summed E-state index contributed by atoms with van der Waals surface area (Å²) in [7, 11) is 0. The second-order valence-corrected chi connectivity index (χ2v) is 4.73. The van der Waals surface area contributed by atoms with E-state index >= 15 is 0 Å². The highest BCUT2D eigenvalue weighted by Gasteiger charge is 2.14. The Hall–Kier alpha value is -1.10. The van der Waals surface area contributed by atoms with Crippen LogP contribution in [0.5, 0.6) is 0 Å². The fourth-order valence-electron chi connectivity index (χ4n) is 1.23. The number of rotatable bonds is 5. The molecule has 0 aliphatic heterocycles. The number of hydrogen-bond donors (Lipinski definition) is 1. The van der Waals surface area contributed by atoms with Crippen LogP contribution in [0.3, 0.4) is 0 Å². The minimum absolute atomic E-state index is 0.109. The first-order chi connectivity index (χ1) is 7.54. The molecule has 88 valence electrons. The Morgan fingerprint density at radius 2 is 2.25 bits per heavy atom. The normalized spacial score (nSPS) is 12.2. The van der Waals surface area contributed by atoms with Crippen molar-refractivity contribution in [1.29, 1.82) is 0 Å². The summed E-state index contributed by atoms with van der Waals surface area (Å²) in [6.07, 6.45) is 1.05. The zero-order chi connectivity index (χ0) is 12.1. The van der Waals surface area contributed by atoms with Crippen LogP contribution in [0.4, 0.5) is 11.4 Å². The summed E-state index contributed by atoms with van der Waals surface area (Å²) in [5, 5.41) is 13.9. The predicted molar refractivity (Wildman–Crippen MR) is 68.7 cm³/mol. The van der Waals surface area contributed by atoms with Gasteiger partial charge in [0, 0.05) is 17.1 Å². The molecular formula is C11H15BrN2O2. The molecule has 5 heteroatoms. The van der Waals surface area contributed by atoms with E-state index in [0.717, 1.165) is 13.0 Å². The Balaban J connectivity index is 2.82. The molecule has 0 saturated carbocycles. The summed E-state index contributed by atoms with van der Waals surface area (Å²) in [5.41, 5.74) is 0.686. The Bertz CT molecular complexity index is 382. The van der Waals surface area contributed by atoms with Crippen LogP contribution >= 0.6 is 15.9 Å². The summed E-state index contributed by atoms with van der Waals surface area (Å²) >= 11 is 3.23. The number of benzene rings is 1. The average molecular weight is 287 g/mol. The molecule has 0 saturated heterocycles. The van der Waals surface area contributed by atoms with Gasteiger partial charge in [-0.1, -0.05) is 36.2 Å². The molecule has 0 amide bonds. The molecule has 0 spiro atoms. The summed E-state index contributed by atoms with van der Waals surface area (Å²) in [4.78, 5) is 10.5. The summed E-state index contributed by atoms with van der Waals surface area (Å²) < 4.78 is 0.716. The van der Waals surface area contributed by atoms with Gasteiger partial charge < -0.3 is 5.32 Å². The molecule has 0 heterocycles. The van der Waals surface area contributed by atoms with Crippen LogP contribution in [0, 0.1) is 16.0 Å². The molecule has 4 nitrogen and oxygen atoms in total. The minimum Gasteiger partial charge on any atom is -0.379 e. The topological polar surface area (TPSA) is 55.2 Å². The van der Waals surface area contributed by atoms with Crippen LogP contribution in [0.25, 0.3) is 0 Å². The van der Waals surface area contributed by atoms with E-state index in [1.165, 1.54) is 6.07 Å². The van der Waals surface area contributed by atoms with E-state index in [1.807, 2.05) is 0 Å². The lowest BCUT2D eigenvalue weighted by Gasteiger charge is -2.11. The van der Waals surface area contributed by atoms with Gasteiger partial charge in [0.15, 0.2) is 0 Å². The molecule has 1 atom stereocenters. The van der Waals surface area contributed by atoms with Gasteiger partial charge in [-0.05, 0) is 18.1 Å². The third-order valence-electron chi connectivity index (χ3n) is 2.49. The quantitative estimate of drug-likeness (QED) is 0.661. The maximum atomic E-state index is 10.8. The smallest absolute Gasteiger partial charge is 0.293 e. The van der Waals surface area contributed by atoms with Gasteiger partial charge in [0.2, 0.25) is 0 Å². The lowest BCUT2D eigenvalue weighted by molar-refractivity contribution is -0.384. The Labute approximate surface area is 103 Å². The molecule has 1 unspecified atom stereocenters. The molecule has 0 aromatic heterocycles. The van der Waals surface area contributed by atoms with Gasteiger partial charge in [0.1, 0.15) is 5.69 Å². The Kier molecular flexibility index (Phi) is 4.73. The van der Waals surface area contributed by atoms with Crippen molar-refractivity contribution < 1.29 is 4.92 Å². The van der Waals surface area contributed by atoms with Gasteiger partial charge in [-0.3, -0.25) is 10.1 Å². The van der Waals surface area contributed by atoms with Gasteiger partial charge in [0.05, 0.1) is 4.92 Å². The highest BCUT2D eigenvalue weighted by atomic mass is 79.9. The first kappa shape index (κ1) is 13.0. The molecule has 1 rings (SSSR count). The first-order valence-corrected chi connectivity index (χ1v) is 6.01. The first-order valence-electron chi connectivity index (χ1n) is 5.22. The van der Waals surface area contributed by atoms with E-state index in [1.54, 1.807) is 12.1 Å². The number of anilines is 1. The van der Waals surface area contributed by atoms with E-state index in [2.05, 4.69) is 35.1 Å². The average Bonchev–Trinajstić information content (AvgIpc) is 2.26. The lowest BCUT2D eigenvalue weighted by atomic mass is 10.1. The number of nitrogens with zero attached hydrogens (tertiary/aromatic N) is 1. The van der Waals surface area contributed by atoms with Gasteiger partial charge in [-0.25, -0.2) is 0 Å². The van der Waals surface area contributed by atoms with Crippen LogP contribution in [-0.2, 0) is 0 Å². The van der Waals surface area contributed by atoms with Crippen molar-refractivity contribution in [2.45, 2.75) is 20.3 Å². The third kappa shape index (κ3) is 3.48. The van der Waals surface area contributed by atoms with E-state index in [0.29, 0.717) is 16.1 Å². The van der Waals surface area contributed by atoms with Crippen molar-refractivity contribution in [1.82, 2.24) is 0 Å². The van der Waals surface area contributed by atoms with Gasteiger partial charge in [-0.2, -0.15) is 0 Å². The van der Waals surface area contributed by atoms with E-state index < -0.39 is 0 Å². The fraction of sp³-hybridized carbons (Fsp3) is 0.455. The van der Waals surface area contributed by atoms with E-state index in [9.17, 15) is 10.1 Å². The summed E-state index contributed by atoms with van der Waals surface area (Å²) in [5.74, 6) is 0.503. The van der Waals surface area contributed by atoms with E-state index in [-0.39, 0.29) is 10.6 Å². The van der Waals surface area contributed by atoms with Crippen LogP contribution in [0.15, 0.2) is 22.7 Å². The Morgan fingerprint density at radius 1 is 1.56 bits per heavy atom. The zero-order valence-corrected chi connectivity index (χ0v) is 11.0. The third-order valence-corrected chi connectivity index (χ3v) is 2.99. The molecular weight excluding hydrogens is 272 g/mol. The minimum atomic E-state index is -0.371. The molecule has 0 radical (unpaired) electrons. The maximum Gasteiger partial charge on any atom is 0.293 e. The molecule has 0 aliphatic carbocycles. The summed E-state index contributed by atoms with van der Waals surface area (Å²) in [6.45, 7) is 4.96. The molecule has 1 aromatic carbocycles. The fourth-order valence-corrected chi connectivity index (χ4v) is 1.58. The molecule has 0 fully saturated rings. The van der Waals surface area contributed by atoms with E-state index in [4.69, 9.17) is 0 Å². The standard InChI is InChI=1S/C11H15BrN2O2/c1-3-8(2)7-13-10-5-4-9(12)6-11(10)14(15)16/h4-6,8,13H,3,7H2,1-2H3. The van der Waals surface area contributed by atoms with Gasteiger partial charge >= 0.3 is 0 Å². The van der Waals surface area contributed by atoms with Crippen molar-refractivity contribution in [3.8, 4) is 0 Å². The second kappa shape index (κ2) is 5.84. The number of hydrogen-bond acceptors (Lipinski definition) is 3. The Morgan fingerprint density at radius 3 is 2.81 bits per heavy atom. The molecule has 16 heavy (non-hydrogen) atoms. The van der Waals surface area contributed by atoms with Crippen molar-refractivity contribution in [3.63, 3.8) is 0 Å². The van der Waals surface area contributed by atoms with Crippen LogP contribution < -0.4 is 5.32 Å². The number of nitrogens with one attached hydrogen (secondary N) is 1.